The van der Waals surface area contributed by atoms with E-state index in [4.69, 9.17) is 9.72 Å². The number of ether oxygens (including phenoxy) is 1. The Bertz CT molecular complexity index is 1360. The molecule has 2 aromatic heterocycles. The molecule has 0 radical (unpaired) electrons. The summed E-state index contributed by atoms with van der Waals surface area (Å²) in [7, 11) is 1.60. The Morgan fingerprint density at radius 1 is 1.09 bits per heavy atom. The number of alkyl halides is 3. The lowest BCUT2D eigenvalue weighted by molar-refractivity contribution is -0.137. The lowest BCUT2D eigenvalue weighted by Crippen LogP contribution is -2.19. The van der Waals surface area contributed by atoms with Crippen LogP contribution in [0.5, 0.6) is 5.75 Å². The van der Waals surface area contributed by atoms with Crippen LogP contribution < -0.4 is 4.74 Å². The molecule has 0 fully saturated rings. The van der Waals surface area contributed by atoms with Crippen molar-refractivity contribution in [3.05, 3.63) is 77.1 Å². The summed E-state index contributed by atoms with van der Waals surface area (Å²) in [6.07, 6.45) is 0.790. The van der Waals surface area contributed by atoms with E-state index in [0.717, 1.165) is 41.4 Å². The molecule has 3 heterocycles. The highest BCUT2D eigenvalue weighted by Crippen LogP contribution is 2.39. The molecule has 10 heteroatoms. The molecule has 0 N–H and O–H groups in total. The predicted molar refractivity (Wildman–Crippen MR) is 128 cm³/mol. The summed E-state index contributed by atoms with van der Waals surface area (Å²) in [6, 6.07) is 9.64. The van der Waals surface area contributed by atoms with Gasteiger partial charge in [0, 0.05) is 24.2 Å². The molecule has 1 atom stereocenters. The van der Waals surface area contributed by atoms with Crippen LogP contribution in [0, 0.1) is 13.8 Å². The van der Waals surface area contributed by atoms with E-state index in [1.807, 2.05) is 47.5 Å². The molecular weight excluding hydrogens is 479 g/mol. The Morgan fingerprint density at radius 3 is 2.57 bits per heavy atom. The van der Waals surface area contributed by atoms with Crippen molar-refractivity contribution < 1.29 is 17.9 Å². The molecule has 0 saturated carbocycles. The van der Waals surface area contributed by atoms with Crippen LogP contribution in [0.3, 0.4) is 0 Å². The van der Waals surface area contributed by atoms with Crippen LogP contribution >= 0.6 is 12.4 Å². The number of nitrogens with zero attached hydrogens (tertiary/aromatic N) is 5. The first-order valence-electron chi connectivity index (χ1n) is 11.1. The zero-order valence-corrected chi connectivity index (χ0v) is 20.3. The van der Waals surface area contributed by atoms with Crippen molar-refractivity contribution in [3.8, 4) is 22.8 Å². The average molecular weight is 504 g/mol. The van der Waals surface area contributed by atoms with Crippen molar-refractivity contribution in [2.75, 3.05) is 7.11 Å². The minimum Gasteiger partial charge on any atom is -0.495 e. The molecule has 6 nitrogen and oxygen atoms in total. The van der Waals surface area contributed by atoms with Crippen LogP contribution in [0.4, 0.5) is 13.2 Å². The van der Waals surface area contributed by atoms with E-state index in [1.165, 1.54) is 12.1 Å². The molecule has 1 aliphatic heterocycles. The quantitative estimate of drug-likeness (QED) is 0.336. The number of aromatic nitrogens is 5. The van der Waals surface area contributed by atoms with Gasteiger partial charge in [-0.3, -0.25) is 0 Å². The van der Waals surface area contributed by atoms with Crippen LogP contribution in [0.25, 0.3) is 17.1 Å². The van der Waals surface area contributed by atoms with Crippen LogP contribution in [0.15, 0.2) is 48.9 Å². The van der Waals surface area contributed by atoms with Gasteiger partial charge in [0.1, 0.15) is 11.6 Å². The highest BCUT2D eigenvalue weighted by atomic mass is 35.5. The number of imidazole rings is 1. The number of hydrogen-bond donors (Lipinski definition) is 0. The maximum atomic E-state index is 13.4. The second-order valence-electron chi connectivity index (χ2n) is 8.59. The maximum absolute atomic E-state index is 13.4. The molecule has 0 spiro atoms. The monoisotopic (exact) mass is 503 g/mol. The van der Waals surface area contributed by atoms with Crippen LogP contribution in [0.1, 0.15) is 47.0 Å². The molecule has 0 amide bonds. The van der Waals surface area contributed by atoms with Gasteiger partial charge in [-0.1, -0.05) is 6.07 Å². The van der Waals surface area contributed by atoms with Gasteiger partial charge in [0.2, 0.25) is 0 Å². The largest absolute Gasteiger partial charge is 0.495 e. The van der Waals surface area contributed by atoms with E-state index >= 15 is 0 Å². The van der Waals surface area contributed by atoms with E-state index in [9.17, 15) is 13.2 Å². The first kappa shape index (κ1) is 24.8. The van der Waals surface area contributed by atoms with Gasteiger partial charge in [-0.2, -0.15) is 18.3 Å². The Morgan fingerprint density at radius 2 is 1.89 bits per heavy atom. The van der Waals surface area contributed by atoms with Crippen LogP contribution in [-0.2, 0) is 12.7 Å². The van der Waals surface area contributed by atoms with Crippen LogP contribution in [-0.4, -0.2) is 31.4 Å². The molecule has 0 unspecified atom stereocenters. The van der Waals surface area contributed by atoms with E-state index in [-0.39, 0.29) is 18.3 Å². The summed E-state index contributed by atoms with van der Waals surface area (Å²) in [4.78, 5) is 9.06. The lowest BCUT2D eigenvalue weighted by Gasteiger charge is -2.24. The van der Waals surface area contributed by atoms with Gasteiger partial charge in [0.05, 0.1) is 30.4 Å². The minimum atomic E-state index is -4.39. The molecule has 35 heavy (non-hydrogen) atoms. The van der Waals surface area contributed by atoms with Crippen molar-refractivity contribution in [1.82, 2.24) is 24.3 Å². The van der Waals surface area contributed by atoms with Crippen molar-refractivity contribution >= 4 is 12.4 Å². The fourth-order valence-corrected chi connectivity index (χ4v) is 4.54. The predicted octanol–water partition coefficient (Wildman–Crippen LogP) is 6.12. The molecule has 0 bridgehead atoms. The molecule has 184 valence electrons. The van der Waals surface area contributed by atoms with E-state index < -0.39 is 11.7 Å². The van der Waals surface area contributed by atoms with E-state index in [1.54, 1.807) is 13.4 Å². The number of methoxy groups -OCH3 is 1. The van der Waals surface area contributed by atoms with Gasteiger partial charge >= 0.3 is 6.18 Å². The number of benzene rings is 2. The van der Waals surface area contributed by atoms with E-state index in [2.05, 4.69) is 10.1 Å². The van der Waals surface area contributed by atoms with Gasteiger partial charge < -0.3 is 9.30 Å². The van der Waals surface area contributed by atoms with Crippen molar-refractivity contribution in [3.63, 3.8) is 0 Å². The summed E-state index contributed by atoms with van der Waals surface area (Å²) in [5.41, 5.74) is 3.34. The molecule has 0 saturated heterocycles. The number of fused-ring (bicyclic) bond motifs is 1. The molecule has 1 aliphatic rings. The third kappa shape index (κ3) is 4.65. The fourth-order valence-electron chi connectivity index (χ4n) is 4.54. The highest BCUT2D eigenvalue weighted by molar-refractivity contribution is 5.85. The topological polar surface area (TPSA) is 57.8 Å². The fraction of sp³-hybridized carbons (Fsp3) is 0.320. The minimum absolute atomic E-state index is 0. The molecule has 2 aromatic carbocycles. The zero-order chi connectivity index (χ0) is 24.0. The summed E-state index contributed by atoms with van der Waals surface area (Å²) >= 11 is 0. The summed E-state index contributed by atoms with van der Waals surface area (Å²) in [5.74, 6) is 1.62. The molecule has 4 aromatic rings. The van der Waals surface area contributed by atoms with Gasteiger partial charge in [0.25, 0.3) is 0 Å². The summed E-state index contributed by atoms with van der Waals surface area (Å²) < 4.78 is 49.4. The first-order chi connectivity index (χ1) is 16.2. The Hall–Kier alpha value is -3.33. The number of rotatable bonds is 4. The van der Waals surface area contributed by atoms with Crippen molar-refractivity contribution in [1.29, 1.82) is 0 Å². The Kier molecular flexibility index (Phi) is 6.64. The Balaban J connectivity index is 0.00000289. The van der Waals surface area contributed by atoms with Gasteiger partial charge in [0.15, 0.2) is 5.82 Å². The van der Waals surface area contributed by atoms with Crippen LogP contribution in [0.2, 0.25) is 0 Å². The standard InChI is InChI=1S/C25H24F3N5O.ClH/c1-15-6-8-18(25(26,27)28)12-20(15)19-5-4-10-33-24(19)30-23(31-33)17-7-9-21(22(11-17)34-3)32-13-16(2)29-14-32;/h6-9,11-14,19H,4-5,10H2,1-3H3;1H/t19-;/m1./s1. The highest BCUT2D eigenvalue weighted by Gasteiger charge is 2.33. The first-order valence-corrected chi connectivity index (χ1v) is 11.1. The van der Waals surface area contributed by atoms with Gasteiger partial charge in [-0.05, 0) is 68.1 Å². The second-order valence-corrected chi connectivity index (χ2v) is 8.59. The zero-order valence-electron chi connectivity index (χ0n) is 19.5. The third-order valence-corrected chi connectivity index (χ3v) is 6.28. The normalized spacial score (nSPS) is 15.4. The summed E-state index contributed by atoms with van der Waals surface area (Å²) in [5, 5.41) is 4.69. The summed E-state index contributed by atoms with van der Waals surface area (Å²) in [6.45, 7) is 4.44. The third-order valence-electron chi connectivity index (χ3n) is 6.28. The smallest absolute Gasteiger partial charge is 0.416 e. The van der Waals surface area contributed by atoms with Gasteiger partial charge in [-0.25, -0.2) is 14.6 Å². The van der Waals surface area contributed by atoms with Crippen molar-refractivity contribution in [2.24, 2.45) is 0 Å². The number of hydrogen-bond acceptors (Lipinski definition) is 4. The molecule has 5 rings (SSSR count). The average Bonchev–Trinajstić information content (AvgIpc) is 3.44. The van der Waals surface area contributed by atoms with Crippen molar-refractivity contribution in [2.45, 2.75) is 45.3 Å². The number of aryl methyl sites for hydroxylation is 3. The van der Waals surface area contributed by atoms with E-state index in [0.29, 0.717) is 29.5 Å². The second kappa shape index (κ2) is 9.37. The Labute approximate surface area is 207 Å². The number of halogens is 4. The lowest BCUT2D eigenvalue weighted by atomic mass is 9.87. The molecule has 0 aliphatic carbocycles. The van der Waals surface area contributed by atoms with Gasteiger partial charge in [-0.15, -0.1) is 12.4 Å². The SMILES string of the molecule is COc1cc(-c2nc3n(n2)CCC[C@@H]3c2cc(C(F)(F)F)ccc2C)ccc1-n1cnc(C)c1.Cl. The maximum Gasteiger partial charge on any atom is 0.416 e. The molecular formula is C25H25ClF3N5O.